The highest BCUT2D eigenvalue weighted by Crippen LogP contribution is 2.37. The van der Waals surface area contributed by atoms with Crippen molar-refractivity contribution in [2.75, 3.05) is 0 Å². The Balaban J connectivity index is 2.44. The summed E-state index contributed by atoms with van der Waals surface area (Å²) in [7, 11) is 0. The van der Waals surface area contributed by atoms with Crippen molar-refractivity contribution in [2.45, 2.75) is 47.0 Å². The van der Waals surface area contributed by atoms with Gasteiger partial charge in [0.15, 0.2) is 0 Å². The maximum Gasteiger partial charge on any atom is -0.0365 e. The molecule has 0 aromatic heterocycles. The van der Waals surface area contributed by atoms with Crippen LogP contribution in [0.25, 0.3) is 0 Å². The zero-order valence-corrected chi connectivity index (χ0v) is 8.43. The van der Waals surface area contributed by atoms with Crippen molar-refractivity contribution in [3.63, 3.8) is 0 Å². The van der Waals surface area contributed by atoms with Gasteiger partial charge in [-0.05, 0) is 36.5 Å². The second kappa shape index (κ2) is 3.60. The van der Waals surface area contributed by atoms with Crippen LogP contribution in [0.1, 0.15) is 47.0 Å². The molecule has 1 fully saturated rings. The van der Waals surface area contributed by atoms with Gasteiger partial charge in [-0.15, -0.1) is 0 Å². The van der Waals surface area contributed by atoms with E-state index in [9.17, 15) is 0 Å². The second-order valence-corrected chi connectivity index (χ2v) is 4.80. The third-order valence-corrected chi connectivity index (χ3v) is 3.35. The molecule has 0 radical (unpaired) electrons. The summed E-state index contributed by atoms with van der Waals surface area (Å²) in [4.78, 5) is 0. The van der Waals surface area contributed by atoms with Crippen molar-refractivity contribution in [3.8, 4) is 0 Å². The summed E-state index contributed by atoms with van der Waals surface area (Å²) in [6, 6.07) is 0. The molecule has 0 aromatic carbocycles. The van der Waals surface area contributed by atoms with E-state index in [4.69, 9.17) is 0 Å². The summed E-state index contributed by atoms with van der Waals surface area (Å²) < 4.78 is 0. The molecule has 0 heterocycles. The van der Waals surface area contributed by atoms with Crippen LogP contribution in [0.3, 0.4) is 0 Å². The van der Waals surface area contributed by atoms with Gasteiger partial charge >= 0.3 is 0 Å². The lowest BCUT2D eigenvalue weighted by atomic mass is 9.71. The highest BCUT2D eigenvalue weighted by Gasteiger charge is 2.26. The van der Waals surface area contributed by atoms with Crippen LogP contribution in [0.4, 0.5) is 0 Å². The Morgan fingerprint density at radius 2 is 1.73 bits per heavy atom. The fourth-order valence-electron chi connectivity index (χ4n) is 2.68. The molecule has 3 atom stereocenters. The Bertz CT molecular complexity index is 115. The first-order valence-corrected chi connectivity index (χ1v) is 5.11. The van der Waals surface area contributed by atoms with E-state index in [0.29, 0.717) is 0 Å². The summed E-state index contributed by atoms with van der Waals surface area (Å²) in [6.07, 6.45) is 4.40. The van der Waals surface area contributed by atoms with Crippen LogP contribution in [0, 0.1) is 23.7 Å². The minimum Gasteiger partial charge on any atom is -0.0625 e. The summed E-state index contributed by atoms with van der Waals surface area (Å²) in [5.74, 6) is 3.86. The molecular formula is C11H22. The first kappa shape index (κ1) is 9.09. The molecule has 0 aromatic rings. The van der Waals surface area contributed by atoms with Crippen molar-refractivity contribution in [1.29, 1.82) is 0 Å². The Labute approximate surface area is 71.4 Å². The molecule has 0 bridgehead atoms. The van der Waals surface area contributed by atoms with Crippen LogP contribution in [-0.2, 0) is 0 Å². The number of hydrogen-bond acceptors (Lipinski definition) is 0. The van der Waals surface area contributed by atoms with Gasteiger partial charge in [0.2, 0.25) is 0 Å². The van der Waals surface area contributed by atoms with Crippen molar-refractivity contribution < 1.29 is 0 Å². The Morgan fingerprint density at radius 3 is 2.18 bits per heavy atom. The Hall–Kier alpha value is 0. The first-order chi connectivity index (χ1) is 5.11. The Morgan fingerprint density at radius 1 is 1.09 bits per heavy atom. The third-order valence-electron chi connectivity index (χ3n) is 3.35. The molecule has 0 amide bonds. The van der Waals surface area contributed by atoms with E-state index in [1.807, 2.05) is 0 Å². The average Bonchev–Trinajstić information content (AvgIpc) is 1.85. The molecule has 0 unspecified atom stereocenters. The van der Waals surface area contributed by atoms with Gasteiger partial charge in [-0.1, -0.05) is 34.1 Å². The van der Waals surface area contributed by atoms with Crippen molar-refractivity contribution in [2.24, 2.45) is 23.7 Å². The first-order valence-electron chi connectivity index (χ1n) is 5.11. The predicted octanol–water partition coefficient (Wildman–Crippen LogP) is 3.71. The van der Waals surface area contributed by atoms with Gasteiger partial charge in [-0.2, -0.15) is 0 Å². The van der Waals surface area contributed by atoms with Gasteiger partial charge in [0, 0.05) is 0 Å². The van der Waals surface area contributed by atoms with E-state index in [-0.39, 0.29) is 0 Å². The lowest BCUT2D eigenvalue weighted by Gasteiger charge is -2.35. The molecule has 11 heavy (non-hydrogen) atoms. The van der Waals surface area contributed by atoms with Crippen LogP contribution < -0.4 is 0 Å². The topological polar surface area (TPSA) is 0 Å². The molecule has 0 heteroatoms. The van der Waals surface area contributed by atoms with Gasteiger partial charge in [-0.25, -0.2) is 0 Å². The minimum atomic E-state index is 0.900. The normalized spacial score (nSPS) is 39.5. The summed E-state index contributed by atoms with van der Waals surface area (Å²) in [5, 5.41) is 0. The van der Waals surface area contributed by atoms with Gasteiger partial charge < -0.3 is 0 Å². The van der Waals surface area contributed by atoms with E-state index < -0.39 is 0 Å². The molecule has 0 saturated heterocycles. The van der Waals surface area contributed by atoms with Crippen LogP contribution >= 0.6 is 0 Å². The minimum absolute atomic E-state index is 0.900. The SMILES string of the molecule is CC(C)[C@H]1CC[C@H](C)C[C@H]1C. The molecule has 0 nitrogen and oxygen atoms in total. The smallest absolute Gasteiger partial charge is 0.0365 e. The van der Waals surface area contributed by atoms with E-state index in [1.54, 1.807) is 0 Å². The molecule has 66 valence electrons. The number of rotatable bonds is 1. The molecule has 0 N–H and O–H groups in total. The van der Waals surface area contributed by atoms with Crippen LogP contribution in [0.15, 0.2) is 0 Å². The van der Waals surface area contributed by atoms with E-state index in [2.05, 4.69) is 27.7 Å². The van der Waals surface area contributed by atoms with Crippen molar-refractivity contribution in [3.05, 3.63) is 0 Å². The summed E-state index contributed by atoms with van der Waals surface area (Å²) >= 11 is 0. The fraction of sp³-hybridized carbons (Fsp3) is 1.00. The molecule has 1 saturated carbocycles. The third kappa shape index (κ3) is 2.21. The molecular weight excluding hydrogens is 132 g/mol. The van der Waals surface area contributed by atoms with E-state index in [1.165, 1.54) is 19.3 Å². The average molecular weight is 154 g/mol. The van der Waals surface area contributed by atoms with Crippen molar-refractivity contribution in [1.82, 2.24) is 0 Å². The maximum absolute atomic E-state index is 2.43. The molecule has 1 aliphatic rings. The predicted molar refractivity (Wildman–Crippen MR) is 50.5 cm³/mol. The molecule has 0 spiro atoms. The highest BCUT2D eigenvalue weighted by atomic mass is 14.3. The maximum atomic E-state index is 2.43. The van der Waals surface area contributed by atoms with Crippen LogP contribution in [0.2, 0.25) is 0 Å². The van der Waals surface area contributed by atoms with Gasteiger partial charge in [0.05, 0.1) is 0 Å². The summed E-state index contributed by atoms with van der Waals surface area (Å²) in [5.41, 5.74) is 0. The van der Waals surface area contributed by atoms with Gasteiger partial charge in [-0.3, -0.25) is 0 Å². The standard InChI is InChI=1S/C11H22/c1-8(2)11-6-5-9(3)7-10(11)4/h8-11H,5-7H2,1-4H3/t9-,10+,11+/m0/s1. The lowest BCUT2D eigenvalue weighted by Crippen LogP contribution is -2.25. The zero-order valence-electron chi connectivity index (χ0n) is 8.43. The van der Waals surface area contributed by atoms with E-state index in [0.717, 1.165) is 23.7 Å². The van der Waals surface area contributed by atoms with Crippen LogP contribution in [0.5, 0.6) is 0 Å². The largest absolute Gasteiger partial charge is 0.0625 e. The lowest BCUT2D eigenvalue weighted by molar-refractivity contribution is 0.158. The molecule has 1 rings (SSSR count). The Kier molecular flexibility index (Phi) is 2.98. The fourth-order valence-corrected chi connectivity index (χ4v) is 2.68. The van der Waals surface area contributed by atoms with Crippen LogP contribution in [-0.4, -0.2) is 0 Å². The second-order valence-electron chi connectivity index (χ2n) is 4.80. The number of hydrogen-bond donors (Lipinski definition) is 0. The monoisotopic (exact) mass is 154 g/mol. The van der Waals surface area contributed by atoms with Gasteiger partial charge in [0.1, 0.15) is 0 Å². The molecule has 0 aliphatic heterocycles. The van der Waals surface area contributed by atoms with E-state index >= 15 is 0 Å². The summed E-state index contributed by atoms with van der Waals surface area (Å²) in [6.45, 7) is 9.57. The van der Waals surface area contributed by atoms with Crippen molar-refractivity contribution >= 4 is 0 Å². The molecule has 1 aliphatic carbocycles. The van der Waals surface area contributed by atoms with Gasteiger partial charge in [0.25, 0.3) is 0 Å². The highest BCUT2D eigenvalue weighted by molar-refractivity contribution is 4.77. The zero-order chi connectivity index (χ0) is 8.43. The quantitative estimate of drug-likeness (QED) is 0.540.